The van der Waals surface area contributed by atoms with Crippen LogP contribution >= 0.6 is 12.6 Å². The number of aryl methyl sites for hydroxylation is 1. The van der Waals surface area contributed by atoms with Gasteiger partial charge < -0.3 is 9.47 Å². The molecule has 0 aromatic heterocycles. The first-order valence-corrected chi connectivity index (χ1v) is 5.93. The van der Waals surface area contributed by atoms with Crippen LogP contribution < -0.4 is 9.47 Å². The third-order valence-electron chi connectivity index (χ3n) is 2.85. The van der Waals surface area contributed by atoms with E-state index in [-0.39, 0.29) is 5.41 Å². The van der Waals surface area contributed by atoms with E-state index in [0.717, 1.165) is 17.3 Å². The van der Waals surface area contributed by atoms with E-state index in [2.05, 4.69) is 33.4 Å². The van der Waals surface area contributed by atoms with Crippen LogP contribution in [0.25, 0.3) is 0 Å². The number of hydrogen-bond donors (Lipinski definition) is 1. The summed E-state index contributed by atoms with van der Waals surface area (Å²) in [5, 5.41) is 0. The monoisotopic (exact) mass is 240 g/mol. The minimum Gasteiger partial charge on any atom is -0.493 e. The summed E-state index contributed by atoms with van der Waals surface area (Å²) < 4.78 is 10.6. The van der Waals surface area contributed by atoms with Crippen molar-refractivity contribution < 1.29 is 9.47 Å². The van der Waals surface area contributed by atoms with Gasteiger partial charge in [-0.3, -0.25) is 0 Å². The lowest BCUT2D eigenvalue weighted by atomic mass is 9.83. The molecule has 0 heterocycles. The van der Waals surface area contributed by atoms with Crippen LogP contribution in [0.2, 0.25) is 0 Å². The number of thiol groups is 1. The maximum absolute atomic E-state index is 5.32. The van der Waals surface area contributed by atoms with Crippen molar-refractivity contribution in [3.05, 3.63) is 23.3 Å². The summed E-state index contributed by atoms with van der Waals surface area (Å²) in [5.41, 5.74) is 2.49. The van der Waals surface area contributed by atoms with Crippen molar-refractivity contribution in [1.82, 2.24) is 0 Å². The number of methoxy groups -OCH3 is 2. The highest BCUT2D eigenvalue weighted by atomic mass is 32.1. The Morgan fingerprint density at radius 2 is 1.62 bits per heavy atom. The standard InChI is InChI=1S/C13H20O2S/c1-9-6-11(14-4)12(15-5)7-10(9)13(2,3)8-16/h6-7,16H,8H2,1-5H3. The molecule has 0 unspecified atom stereocenters. The minimum absolute atomic E-state index is 0.0345. The van der Waals surface area contributed by atoms with Gasteiger partial charge in [-0.15, -0.1) is 0 Å². The molecular weight excluding hydrogens is 220 g/mol. The van der Waals surface area contributed by atoms with Crippen molar-refractivity contribution in [3.8, 4) is 11.5 Å². The second-order valence-electron chi connectivity index (χ2n) is 4.56. The summed E-state index contributed by atoms with van der Waals surface area (Å²) in [6.45, 7) is 6.44. The summed E-state index contributed by atoms with van der Waals surface area (Å²) in [4.78, 5) is 0. The van der Waals surface area contributed by atoms with Crippen LogP contribution in [0.1, 0.15) is 25.0 Å². The Kier molecular flexibility index (Phi) is 4.14. The van der Waals surface area contributed by atoms with Crippen molar-refractivity contribution in [1.29, 1.82) is 0 Å². The van der Waals surface area contributed by atoms with E-state index in [0.29, 0.717) is 0 Å². The summed E-state index contributed by atoms with van der Waals surface area (Å²) in [6.07, 6.45) is 0. The largest absolute Gasteiger partial charge is 0.493 e. The number of benzene rings is 1. The van der Waals surface area contributed by atoms with Gasteiger partial charge in [-0.2, -0.15) is 12.6 Å². The van der Waals surface area contributed by atoms with Gasteiger partial charge in [-0.25, -0.2) is 0 Å². The van der Waals surface area contributed by atoms with Gasteiger partial charge in [0, 0.05) is 0 Å². The summed E-state index contributed by atoms with van der Waals surface area (Å²) >= 11 is 4.40. The molecule has 3 heteroatoms. The zero-order valence-electron chi connectivity index (χ0n) is 10.6. The molecule has 0 amide bonds. The zero-order valence-corrected chi connectivity index (χ0v) is 11.5. The fraction of sp³-hybridized carbons (Fsp3) is 0.538. The summed E-state index contributed by atoms with van der Waals surface area (Å²) in [7, 11) is 3.31. The van der Waals surface area contributed by atoms with Crippen LogP contribution in [0.4, 0.5) is 0 Å². The minimum atomic E-state index is 0.0345. The lowest BCUT2D eigenvalue weighted by Crippen LogP contribution is -2.20. The van der Waals surface area contributed by atoms with E-state index < -0.39 is 0 Å². The average Bonchev–Trinajstić information content (AvgIpc) is 2.28. The SMILES string of the molecule is COc1cc(C)c(C(C)(C)CS)cc1OC. The highest BCUT2D eigenvalue weighted by Crippen LogP contribution is 2.36. The average molecular weight is 240 g/mol. The van der Waals surface area contributed by atoms with Crippen LogP contribution in [0, 0.1) is 6.92 Å². The van der Waals surface area contributed by atoms with E-state index in [1.807, 2.05) is 12.1 Å². The van der Waals surface area contributed by atoms with Gasteiger partial charge in [-0.1, -0.05) is 13.8 Å². The van der Waals surface area contributed by atoms with Crippen molar-refractivity contribution in [2.45, 2.75) is 26.2 Å². The molecule has 0 spiro atoms. The molecule has 1 aromatic rings. The fourth-order valence-corrected chi connectivity index (χ4v) is 1.97. The molecule has 0 aliphatic carbocycles. The van der Waals surface area contributed by atoms with Gasteiger partial charge in [-0.05, 0) is 41.4 Å². The summed E-state index contributed by atoms with van der Waals surface area (Å²) in [5.74, 6) is 2.35. The number of rotatable bonds is 4. The molecule has 2 nitrogen and oxygen atoms in total. The van der Waals surface area contributed by atoms with Gasteiger partial charge >= 0.3 is 0 Å². The first-order chi connectivity index (χ1) is 7.46. The third kappa shape index (κ3) is 2.46. The van der Waals surface area contributed by atoms with E-state index in [1.165, 1.54) is 11.1 Å². The second-order valence-corrected chi connectivity index (χ2v) is 4.88. The van der Waals surface area contributed by atoms with Gasteiger partial charge in [0.05, 0.1) is 14.2 Å². The Bertz CT molecular complexity index is 372. The topological polar surface area (TPSA) is 18.5 Å². The van der Waals surface area contributed by atoms with Crippen LogP contribution in [0.3, 0.4) is 0 Å². The molecule has 90 valence electrons. The van der Waals surface area contributed by atoms with Crippen LogP contribution in [0.5, 0.6) is 11.5 Å². The molecule has 0 saturated heterocycles. The quantitative estimate of drug-likeness (QED) is 0.815. The molecule has 0 aliphatic rings. The molecule has 1 rings (SSSR count). The molecule has 0 saturated carbocycles. The van der Waals surface area contributed by atoms with Crippen LogP contribution in [-0.4, -0.2) is 20.0 Å². The van der Waals surface area contributed by atoms with E-state index in [9.17, 15) is 0 Å². The second kappa shape index (κ2) is 5.00. The molecule has 0 N–H and O–H groups in total. The number of hydrogen-bond acceptors (Lipinski definition) is 3. The van der Waals surface area contributed by atoms with Crippen LogP contribution in [0.15, 0.2) is 12.1 Å². The highest BCUT2D eigenvalue weighted by molar-refractivity contribution is 7.80. The predicted octanol–water partition coefficient (Wildman–Crippen LogP) is 3.22. The van der Waals surface area contributed by atoms with E-state index >= 15 is 0 Å². The highest BCUT2D eigenvalue weighted by Gasteiger charge is 2.22. The van der Waals surface area contributed by atoms with Gasteiger partial charge in [0.15, 0.2) is 11.5 Å². The van der Waals surface area contributed by atoms with Crippen molar-refractivity contribution in [3.63, 3.8) is 0 Å². The molecule has 0 atom stereocenters. The van der Waals surface area contributed by atoms with E-state index in [4.69, 9.17) is 9.47 Å². The molecule has 0 radical (unpaired) electrons. The van der Waals surface area contributed by atoms with Gasteiger partial charge in [0.1, 0.15) is 0 Å². The Morgan fingerprint density at radius 1 is 1.12 bits per heavy atom. The normalized spacial score (nSPS) is 11.4. The fourth-order valence-electron chi connectivity index (χ4n) is 1.79. The number of ether oxygens (including phenoxy) is 2. The Morgan fingerprint density at radius 3 is 2.06 bits per heavy atom. The Balaban J connectivity index is 3.32. The molecular formula is C13H20O2S. The first-order valence-electron chi connectivity index (χ1n) is 5.30. The molecule has 1 aromatic carbocycles. The predicted molar refractivity (Wildman–Crippen MR) is 71.2 cm³/mol. The molecule has 0 aliphatic heterocycles. The maximum Gasteiger partial charge on any atom is 0.161 e. The summed E-state index contributed by atoms with van der Waals surface area (Å²) in [6, 6.07) is 4.06. The molecule has 0 bridgehead atoms. The van der Waals surface area contributed by atoms with Crippen molar-refractivity contribution in [2.24, 2.45) is 0 Å². The van der Waals surface area contributed by atoms with E-state index in [1.54, 1.807) is 14.2 Å². The van der Waals surface area contributed by atoms with Crippen molar-refractivity contribution >= 4 is 12.6 Å². The smallest absolute Gasteiger partial charge is 0.161 e. The molecule has 16 heavy (non-hydrogen) atoms. The van der Waals surface area contributed by atoms with Crippen molar-refractivity contribution in [2.75, 3.05) is 20.0 Å². The lowest BCUT2D eigenvalue weighted by Gasteiger charge is -2.26. The molecule has 0 fully saturated rings. The zero-order chi connectivity index (χ0) is 12.3. The first kappa shape index (κ1) is 13.2. The van der Waals surface area contributed by atoms with Gasteiger partial charge in [0.2, 0.25) is 0 Å². The van der Waals surface area contributed by atoms with Gasteiger partial charge in [0.25, 0.3) is 0 Å². The maximum atomic E-state index is 5.32. The van der Waals surface area contributed by atoms with Crippen LogP contribution in [-0.2, 0) is 5.41 Å². The lowest BCUT2D eigenvalue weighted by molar-refractivity contribution is 0.353. The third-order valence-corrected chi connectivity index (χ3v) is 3.65. The Hall–Kier alpha value is -0.830. The Labute approximate surface area is 103 Å².